The number of esters is 1. The molecule has 6 nitrogen and oxygen atoms in total. The van der Waals surface area contributed by atoms with Gasteiger partial charge in [0, 0.05) is 38.3 Å². The number of likely N-dealkylation sites (N-methyl/N-ethyl adjacent to an activating group) is 1. The lowest BCUT2D eigenvalue weighted by Gasteiger charge is -2.34. The second-order valence-electron chi connectivity index (χ2n) is 11.3. The maximum atomic E-state index is 13.6. The number of benzene rings is 3. The van der Waals surface area contributed by atoms with Crippen LogP contribution in [0.4, 0.5) is 5.69 Å². The highest BCUT2D eigenvalue weighted by Crippen LogP contribution is 2.28. The fourth-order valence-electron chi connectivity index (χ4n) is 4.84. The summed E-state index contributed by atoms with van der Waals surface area (Å²) in [5.41, 5.74) is 4.68. The minimum Gasteiger partial charge on any atom is -0.456 e. The molecule has 0 aromatic heterocycles. The van der Waals surface area contributed by atoms with Crippen LogP contribution in [0.1, 0.15) is 59.5 Å². The first-order valence-electron chi connectivity index (χ1n) is 13.9. The van der Waals surface area contributed by atoms with Crippen molar-refractivity contribution in [1.82, 2.24) is 9.80 Å². The van der Waals surface area contributed by atoms with Crippen LogP contribution in [-0.4, -0.2) is 66.5 Å². The predicted molar refractivity (Wildman–Crippen MR) is 158 cm³/mol. The number of nitrogens with zero attached hydrogens (tertiary/aromatic N) is 2. The molecule has 3 aromatic rings. The third-order valence-corrected chi connectivity index (χ3v) is 7.17. The van der Waals surface area contributed by atoms with Gasteiger partial charge in [-0.05, 0) is 81.1 Å². The topological polar surface area (TPSA) is 61.9 Å². The molecule has 0 saturated carbocycles. The van der Waals surface area contributed by atoms with E-state index in [0.717, 1.165) is 67.9 Å². The van der Waals surface area contributed by atoms with Crippen molar-refractivity contribution < 1.29 is 14.3 Å². The summed E-state index contributed by atoms with van der Waals surface area (Å²) >= 11 is 0. The van der Waals surface area contributed by atoms with Gasteiger partial charge in [0.05, 0.1) is 11.3 Å². The third-order valence-electron chi connectivity index (χ3n) is 7.17. The molecular formula is C33H41N3O3. The van der Waals surface area contributed by atoms with E-state index >= 15 is 0 Å². The van der Waals surface area contributed by atoms with Gasteiger partial charge in [0.2, 0.25) is 0 Å². The van der Waals surface area contributed by atoms with E-state index in [-0.39, 0.29) is 5.91 Å². The number of carbonyl (C=O) groups excluding carboxylic acids is 2. The summed E-state index contributed by atoms with van der Waals surface area (Å²) in [6.07, 6.45) is 0.888. The Morgan fingerprint density at radius 1 is 0.846 bits per heavy atom. The van der Waals surface area contributed by atoms with Gasteiger partial charge in [0.25, 0.3) is 5.91 Å². The SMILES string of the molecule is CCN1CCN(CCc2ccc(C)c(C(=O)Nc3cc(-c4ccccc4)ccc3C(=O)OC(C)(C)C)c2)CC1. The first-order valence-corrected chi connectivity index (χ1v) is 13.9. The second-order valence-corrected chi connectivity index (χ2v) is 11.3. The van der Waals surface area contributed by atoms with E-state index in [4.69, 9.17) is 4.74 Å². The number of rotatable bonds is 8. The van der Waals surface area contributed by atoms with Gasteiger partial charge < -0.3 is 19.9 Å². The van der Waals surface area contributed by atoms with Crippen LogP contribution < -0.4 is 5.32 Å². The number of carbonyl (C=O) groups is 2. The van der Waals surface area contributed by atoms with Crippen LogP contribution in [0.15, 0.2) is 66.7 Å². The molecule has 1 N–H and O–H groups in total. The van der Waals surface area contributed by atoms with Crippen molar-refractivity contribution in [2.45, 2.75) is 46.6 Å². The van der Waals surface area contributed by atoms with Gasteiger partial charge in [0.15, 0.2) is 0 Å². The predicted octanol–water partition coefficient (Wildman–Crippen LogP) is 6.05. The molecule has 3 aromatic carbocycles. The zero-order chi connectivity index (χ0) is 28.0. The summed E-state index contributed by atoms with van der Waals surface area (Å²) in [5.74, 6) is -0.702. The lowest BCUT2D eigenvalue weighted by molar-refractivity contribution is 0.00708. The summed E-state index contributed by atoms with van der Waals surface area (Å²) in [6.45, 7) is 16.1. The van der Waals surface area contributed by atoms with E-state index in [0.29, 0.717) is 16.8 Å². The molecule has 6 heteroatoms. The molecular weight excluding hydrogens is 486 g/mol. The van der Waals surface area contributed by atoms with Crippen LogP contribution in [-0.2, 0) is 11.2 Å². The Morgan fingerprint density at radius 2 is 1.54 bits per heavy atom. The zero-order valence-electron chi connectivity index (χ0n) is 23.9. The van der Waals surface area contributed by atoms with E-state index in [1.807, 2.05) is 82.3 Å². The highest BCUT2D eigenvalue weighted by molar-refractivity contribution is 6.09. The quantitative estimate of drug-likeness (QED) is 0.362. The second kappa shape index (κ2) is 12.6. The molecule has 1 aliphatic rings. The number of nitrogens with one attached hydrogen (secondary N) is 1. The molecule has 1 amide bonds. The minimum absolute atomic E-state index is 0.235. The van der Waals surface area contributed by atoms with Gasteiger partial charge in [-0.15, -0.1) is 0 Å². The number of aryl methyl sites for hydroxylation is 1. The smallest absolute Gasteiger partial charge is 0.340 e. The fraction of sp³-hybridized carbons (Fsp3) is 0.394. The van der Waals surface area contributed by atoms with Crippen LogP contribution in [0.25, 0.3) is 11.1 Å². The first-order chi connectivity index (χ1) is 18.6. The first kappa shape index (κ1) is 28.5. The van der Waals surface area contributed by atoms with Crippen molar-refractivity contribution >= 4 is 17.6 Å². The number of piperazine rings is 1. The summed E-state index contributed by atoms with van der Waals surface area (Å²) < 4.78 is 5.65. The normalized spacial score (nSPS) is 14.7. The van der Waals surface area contributed by atoms with Crippen molar-refractivity contribution in [1.29, 1.82) is 0 Å². The van der Waals surface area contributed by atoms with E-state index in [9.17, 15) is 9.59 Å². The molecule has 1 saturated heterocycles. The van der Waals surface area contributed by atoms with E-state index in [2.05, 4.69) is 28.1 Å². The van der Waals surface area contributed by atoms with Crippen molar-refractivity contribution in [3.05, 3.63) is 89.0 Å². The van der Waals surface area contributed by atoms with E-state index < -0.39 is 11.6 Å². The Balaban J connectivity index is 1.55. The lowest BCUT2D eigenvalue weighted by Crippen LogP contribution is -2.46. The molecule has 1 heterocycles. The van der Waals surface area contributed by atoms with Crippen molar-refractivity contribution in [3.8, 4) is 11.1 Å². The molecule has 4 rings (SSSR count). The van der Waals surface area contributed by atoms with Crippen LogP contribution in [0, 0.1) is 6.92 Å². The Bertz CT molecular complexity index is 1290. The van der Waals surface area contributed by atoms with Gasteiger partial charge in [-0.2, -0.15) is 0 Å². The molecule has 0 bridgehead atoms. The maximum Gasteiger partial charge on any atom is 0.340 e. The highest BCUT2D eigenvalue weighted by atomic mass is 16.6. The fourth-order valence-corrected chi connectivity index (χ4v) is 4.84. The molecule has 1 fully saturated rings. The van der Waals surface area contributed by atoms with Gasteiger partial charge in [0.1, 0.15) is 5.60 Å². The average molecular weight is 528 g/mol. The van der Waals surface area contributed by atoms with Gasteiger partial charge in [-0.3, -0.25) is 4.79 Å². The van der Waals surface area contributed by atoms with Crippen LogP contribution >= 0.6 is 0 Å². The number of hydrogen-bond acceptors (Lipinski definition) is 5. The molecule has 0 radical (unpaired) electrons. The summed E-state index contributed by atoms with van der Waals surface area (Å²) in [7, 11) is 0. The highest BCUT2D eigenvalue weighted by Gasteiger charge is 2.23. The molecule has 0 spiro atoms. The average Bonchev–Trinajstić information content (AvgIpc) is 2.92. The van der Waals surface area contributed by atoms with E-state index in [1.54, 1.807) is 6.07 Å². The molecule has 206 valence electrons. The Kier molecular flexibility index (Phi) is 9.20. The van der Waals surface area contributed by atoms with Gasteiger partial charge in [-0.1, -0.05) is 55.5 Å². The lowest BCUT2D eigenvalue weighted by atomic mass is 10.00. The monoisotopic (exact) mass is 527 g/mol. The largest absolute Gasteiger partial charge is 0.456 e. The van der Waals surface area contributed by atoms with Crippen molar-refractivity contribution in [2.24, 2.45) is 0 Å². The number of anilines is 1. The molecule has 39 heavy (non-hydrogen) atoms. The van der Waals surface area contributed by atoms with Gasteiger partial charge >= 0.3 is 5.97 Å². The van der Waals surface area contributed by atoms with Crippen molar-refractivity contribution in [3.63, 3.8) is 0 Å². The summed E-state index contributed by atoms with van der Waals surface area (Å²) in [6, 6.07) is 21.5. The Labute approximate surface area is 233 Å². The van der Waals surface area contributed by atoms with Crippen molar-refractivity contribution in [2.75, 3.05) is 44.6 Å². The number of hydrogen-bond donors (Lipinski definition) is 1. The molecule has 0 aliphatic carbocycles. The summed E-state index contributed by atoms with van der Waals surface area (Å²) in [5, 5.41) is 3.03. The van der Waals surface area contributed by atoms with E-state index in [1.165, 1.54) is 0 Å². The van der Waals surface area contributed by atoms with Crippen LogP contribution in [0.2, 0.25) is 0 Å². The maximum absolute atomic E-state index is 13.6. The Morgan fingerprint density at radius 3 is 2.21 bits per heavy atom. The van der Waals surface area contributed by atoms with Crippen LogP contribution in [0.5, 0.6) is 0 Å². The number of ether oxygens (including phenoxy) is 1. The standard InChI is InChI=1S/C33H41N3O3/c1-6-35-18-20-36(21-19-35)17-16-25-13-12-24(2)29(22-25)31(37)34-30-23-27(26-10-8-7-9-11-26)14-15-28(30)32(38)39-33(3,4)5/h7-15,22-23H,6,16-21H2,1-5H3,(H,34,37). The molecule has 0 atom stereocenters. The molecule has 1 aliphatic heterocycles. The molecule has 0 unspecified atom stereocenters. The van der Waals surface area contributed by atoms with Gasteiger partial charge in [-0.25, -0.2) is 4.79 Å². The third kappa shape index (κ3) is 7.78. The Hall–Kier alpha value is -3.48. The zero-order valence-corrected chi connectivity index (χ0v) is 23.9. The number of amides is 1. The summed E-state index contributed by atoms with van der Waals surface area (Å²) in [4.78, 5) is 31.6. The minimum atomic E-state index is -0.648. The van der Waals surface area contributed by atoms with Crippen LogP contribution in [0.3, 0.4) is 0 Å².